The Hall–Kier alpha value is -1.35. The molecule has 1 heterocycles. The van der Waals surface area contributed by atoms with Gasteiger partial charge in [-0.05, 0) is 18.6 Å². The predicted octanol–water partition coefficient (Wildman–Crippen LogP) is 4.07. The van der Waals surface area contributed by atoms with Crippen LogP contribution in [-0.4, -0.2) is 28.9 Å². The molecule has 0 aliphatic rings. The first-order chi connectivity index (χ1) is 9.29. The van der Waals surface area contributed by atoms with Gasteiger partial charge in [-0.3, -0.25) is 4.79 Å². The van der Waals surface area contributed by atoms with Gasteiger partial charge in [0.2, 0.25) is 0 Å². The number of hydrogen-bond donors (Lipinski definition) is 0. The molecular formula is C16H23ClN2O. The average molecular weight is 295 g/mol. The smallest absolute Gasteiger partial charge is 0.254 e. The Bertz CT molecular complexity index is 492. The summed E-state index contributed by atoms with van der Waals surface area (Å²) in [7, 11) is 0. The third-order valence-electron chi connectivity index (χ3n) is 2.94. The van der Waals surface area contributed by atoms with Crippen LogP contribution in [0.5, 0.6) is 0 Å². The Morgan fingerprint density at radius 3 is 2.60 bits per heavy atom. The fourth-order valence-electron chi connectivity index (χ4n) is 1.89. The van der Waals surface area contributed by atoms with E-state index in [4.69, 9.17) is 11.6 Å². The van der Waals surface area contributed by atoms with Gasteiger partial charge in [0, 0.05) is 29.8 Å². The average Bonchev–Trinajstić information content (AvgIpc) is 2.36. The van der Waals surface area contributed by atoms with Crippen LogP contribution in [-0.2, 0) is 5.41 Å². The van der Waals surface area contributed by atoms with Crippen molar-refractivity contribution in [3.63, 3.8) is 0 Å². The highest BCUT2D eigenvalue weighted by atomic mass is 35.5. The van der Waals surface area contributed by atoms with E-state index in [0.717, 1.165) is 12.1 Å². The van der Waals surface area contributed by atoms with E-state index in [1.807, 2.05) is 33.8 Å². The van der Waals surface area contributed by atoms with Gasteiger partial charge in [-0.2, -0.15) is 0 Å². The predicted molar refractivity (Wildman–Crippen MR) is 84.3 cm³/mol. The van der Waals surface area contributed by atoms with E-state index >= 15 is 0 Å². The molecule has 1 aromatic heterocycles. The van der Waals surface area contributed by atoms with Crippen molar-refractivity contribution in [2.24, 2.45) is 0 Å². The number of aromatic nitrogens is 1. The first kappa shape index (κ1) is 16.7. The standard InChI is InChI=1S/C16H23ClN2O/c1-6-8-19(9-7-2)15(20)12-10-13(16(3,4)5)18-14(17)11-12/h6,10-11H,1,7-9H2,2-5H3. The molecular weight excluding hydrogens is 272 g/mol. The molecule has 3 nitrogen and oxygen atoms in total. The van der Waals surface area contributed by atoms with E-state index in [-0.39, 0.29) is 11.3 Å². The Labute approximate surface area is 126 Å². The molecule has 4 heteroatoms. The monoisotopic (exact) mass is 294 g/mol. The number of carbonyl (C=O) groups excluding carboxylic acids is 1. The van der Waals surface area contributed by atoms with Crippen molar-refractivity contribution in [3.05, 3.63) is 41.2 Å². The lowest BCUT2D eigenvalue weighted by molar-refractivity contribution is 0.0773. The van der Waals surface area contributed by atoms with Crippen molar-refractivity contribution >= 4 is 17.5 Å². The fraction of sp³-hybridized carbons (Fsp3) is 0.500. The van der Waals surface area contributed by atoms with E-state index in [2.05, 4.69) is 11.6 Å². The number of pyridine rings is 1. The van der Waals surface area contributed by atoms with Crippen molar-refractivity contribution in [1.29, 1.82) is 0 Å². The lowest BCUT2D eigenvalue weighted by Gasteiger charge is -2.23. The summed E-state index contributed by atoms with van der Waals surface area (Å²) in [5.41, 5.74) is 1.27. The van der Waals surface area contributed by atoms with Crippen LogP contribution in [0.1, 0.15) is 50.2 Å². The molecule has 0 aliphatic heterocycles. The first-order valence-corrected chi connectivity index (χ1v) is 7.25. The summed E-state index contributed by atoms with van der Waals surface area (Å²) in [5, 5.41) is 0.357. The third-order valence-corrected chi connectivity index (χ3v) is 3.13. The highest BCUT2D eigenvalue weighted by molar-refractivity contribution is 6.29. The lowest BCUT2D eigenvalue weighted by Crippen LogP contribution is -2.32. The second kappa shape index (κ2) is 6.89. The molecule has 0 bridgehead atoms. The maximum Gasteiger partial charge on any atom is 0.254 e. The number of hydrogen-bond acceptors (Lipinski definition) is 2. The van der Waals surface area contributed by atoms with Crippen LogP contribution in [0.25, 0.3) is 0 Å². The van der Waals surface area contributed by atoms with E-state index in [1.165, 1.54) is 0 Å². The van der Waals surface area contributed by atoms with Gasteiger partial charge in [-0.25, -0.2) is 4.98 Å². The third kappa shape index (κ3) is 4.34. The molecule has 0 aromatic carbocycles. The Kier molecular flexibility index (Phi) is 5.75. The normalized spacial score (nSPS) is 11.2. The van der Waals surface area contributed by atoms with Gasteiger partial charge in [0.25, 0.3) is 5.91 Å². The molecule has 1 aromatic rings. The van der Waals surface area contributed by atoms with Crippen molar-refractivity contribution in [2.45, 2.75) is 39.5 Å². The van der Waals surface area contributed by atoms with Crippen molar-refractivity contribution < 1.29 is 4.79 Å². The number of amides is 1. The second-order valence-electron chi connectivity index (χ2n) is 5.85. The van der Waals surface area contributed by atoms with Crippen LogP contribution >= 0.6 is 11.6 Å². The van der Waals surface area contributed by atoms with E-state index in [9.17, 15) is 4.79 Å². The molecule has 110 valence electrons. The molecule has 1 rings (SSSR count). The quantitative estimate of drug-likeness (QED) is 0.606. The molecule has 0 unspecified atom stereocenters. The van der Waals surface area contributed by atoms with E-state index < -0.39 is 0 Å². The summed E-state index contributed by atoms with van der Waals surface area (Å²) < 4.78 is 0. The maximum absolute atomic E-state index is 12.5. The lowest BCUT2D eigenvalue weighted by atomic mass is 9.90. The van der Waals surface area contributed by atoms with Crippen molar-refractivity contribution in [3.8, 4) is 0 Å². The topological polar surface area (TPSA) is 33.2 Å². The van der Waals surface area contributed by atoms with Crippen LogP contribution in [0, 0.1) is 0 Å². The Balaban J connectivity index is 3.14. The summed E-state index contributed by atoms with van der Waals surface area (Å²) in [6.07, 6.45) is 2.64. The summed E-state index contributed by atoms with van der Waals surface area (Å²) in [5.74, 6) is -0.0263. The van der Waals surface area contributed by atoms with Gasteiger partial charge in [0.1, 0.15) is 5.15 Å². The van der Waals surface area contributed by atoms with Gasteiger partial charge in [-0.1, -0.05) is 45.4 Å². The molecule has 1 amide bonds. The molecule has 0 saturated heterocycles. The van der Waals surface area contributed by atoms with Gasteiger partial charge in [0.05, 0.1) is 0 Å². The summed E-state index contributed by atoms with van der Waals surface area (Å²) in [6, 6.07) is 3.46. The fourth-order valence-corrected chi connectivity index (χ4v) is 2.10. The minimum Gasteiger partial charge on any atom is -0.335 e. The Morgan fingerprint density at radius 2 is 2.10 bits per heavy atom. The molecule has 0 N–H and O–H groups in total. The van der Waals surface area contributed by atoms with Gasteiger partial charge >= 0.3 is 0 Å². The summed E-state index contributed by atoms with van der Waals surface area (Å²) in [6.45, 7) is 13.1. The number of nitrogens with zero attached hydrogens (tertiary/aromatic N) is 2. The molecule has 20 heavy (non-hydrogen) atoms. The highest BCUT2D eigenvalue weighted by Gasteiger charge is 2.21. The zero-order valence-electron chi connectivity index (χ0n) is 12.7. The summed E-state index contributed by atoms with van der Waals surface area (Å²) in [4.78, 5) is 18.6. The SMILES string of the molecule is C=CCN(CCC)C(=O)c1cc(Cl)nc(C(C)(C)C)c1. The molecule has 0 atom stereocenters. The van der Waals surface area contributed by atoms with Crippen LogP contribution in [0.4, 0.5) is 0 Å². The van der Waals surface area contributed by atoms with E-state index in [0.29, 0.717) is 23.8 Å². The van der Waals surface area contributed by atoms with Gasteiger partial charge in [0.15, 0.2) is 0 Å². The minimum atomic E-state index is -0.145. The Morgan fingerprint density at radius 1 is 1.45 bits per heavy atom. The van der Waals surface area contributed by atoms with Crippen LogP contribution in [0.2, 0.25) is 5.15 Å². The van der Waals surface area contributed by atoms with Crippen LogP contribution < -0.4 is 0 Å². The van der Waals surface area contributed by atoms with Gasteiger partial charge < -0.3 is 4.90 Å². The molecule has 0 aliphatic carbocycles. The highest BCUT2D eigenvalue weighted by Crippen LogP contribution is 2.24. The van der Waals surface area contributed by atoms with Crippen LogP contribution in [0.3, 0.4) is 0 Å². The second-order valence-corrected chi connectivity index (χ2v) is 6.24. The molecule has 0 fully saturated rings. The minimum absolute atomic E-state index is 0.0263. The van der Waals surface area contributed by atoms with Crippen molar-refractivity contribution in [2.75, 3.05) is 13.1 Å². The first-order valence-electron chi connectivity index (χ1n) is 6.87. The van der Waals surface area contributed by atoms with Gasteiger partial charge in [-0.15, -0.1) is 6.58 Å². The number of carbonyl (C=O) groups is 1. The number of rotatable bonds is 5. The largest absolute Gasteiger partial charge is 0.335 e. The molecule has 0 radical (unpaired) electrons. The molecule has 0 spiro atoms. The van der Waals surface area contributed by atoms with Crippen molar-refractivity contribution in [1.82, 2.24) is 9.88 Å². The zero-order chi connectivity index (χ0) is 15.3. The van der Waals surface area contributed by atoms with Crippen LogP contribution in [0.15, 0.2) is 24.8 Å². The van der Waals surface area contributed by atoms with E-state index in [1.54, 1.807) is 17.0 Å². The zero-order valence-corrected chi connectivity index (χ0v) is 13.5. The maximum atomic E-state index is 12.5. The number of halogens is 1. The summed E-state index contributed by atoms with van der Waals surface area (Å²) >= 11 is 6.06. The molecule has 0 saturated carbocycles.